The number of hydrogen-bond acceptors (Lipinski definition) is 5. The van der Waals surface area contributed by atoms with Gasteiger partial charge in [-0.15, -0.1) is 0 Å². The summed E-state index contributed by atoms with van der Waals surface area (Å²) in [5.74, 6) is 0.787. The first-order valence-electron chi connectivity index (χ1n) is 8.26. The van der Waals surface area contributed by atoms with Crippen LogP contribution in [0, 0.1) is 0 Å². The first kappa shape index (κ1) is 13.9. The van der Waals surface area contributed by atoms with E-state index in [1.807, 2.05) is 22.0 Å². The van der Waals surface area contributed by atoms with E-state index in [2.05, 4.69) is 37.9 Å². The summed E-state index contributed by atoms with van der Waals surface area (Å²) in [6, 6.07) is 2.50. The number of nitrogens with zero attached hydrogens (tertiary/aromatic N) is 5. The first-order chi connectivity index (χ1) is 11.8. The van der Waals surface area contributed by atoms with E-state index in [1.54, 1.807) is 0 Å². The molecule has 3 aromatic heterocycles. The van der Waals surface area contributed by atoms with Gasteiger partial charge in [0.05, 0.1) is 24.2 Å². The van der Waals surface area contributed by atoms with E-state index in [0.29, 0.717) is 25.6 Å². The van der Waals surface area contributed by atoms with Gasteiger partial charge in [0.2, 0.25) is 0 Å². The zero-order valence-corrected chi connectivity index (χ0v) is 13.1. The summed E-state index contributed by atoms with van der Waals surface area (Å²) in [6.07, 6.45) is 5.54. The minimum atomic E-state index is -0.776. The SMILES string of the molecule is F[C@H]1CCN(c2n[nH]c3ncc(-c4cnn(C5CNC5)c4)cc23)C1. The molecule has 0 bridgehead atoms. The smallest absolute Gasteiger partial charge is 0.160 e. The second-order valence-corrected chi connectivity index (χ2v) is 6.52. The summed E-state index contributed by atoms with van der Waals surface area (Å²) < 4.78 is 15.5. The van der Waals surface area contributed by atoms with Gasteiger partial charge in [0.25, 0.3) is 0 Å². The molecule has 8 heteroatoms. The third-order valence-electron chi connectivity index (χ3n) is 4.90. The Hall–Kier alpha value is -2.48. The summed E-state index contributed by atoms with van der Waals surface area (Å²) in [5, 5.41) is 15.9. The van der Waals surface area contributed by atoms with Gasteiger partial charge in [0.15, 0.2) is 11.5 Å². The maximum Gasteiger partial charge on any atom is 0.160 e. The number of alkyl halides is 1. The van der Waals surface area contributed by atoms with Crippen molar-refractivity contribution in [2.45, 2.75) is 18.6 Å². The van der Waals surface area contributed by atoms with Crippen LogP contribution in [0.5, 0.6) is 0 Å². The van der Waals surface area contributed by atoms with E-state index in [4.69, 9.17) is 0 Å². The number of H-pyrrole nitrogens is 1. The topological polar surface area (TPSA) is 74.7 Å². The molecule has 2 saturated heterocycles. The quantitative estimate of drug-likeness (QED) is 0.763. The molecule has 2 aliphatic rings. The van der Waals surface area contributed by atoms with Crippen molar-refractivity contribution in [3.05, 3.63) is 24.7 Å². The Morgan fingerprint density at radius 1 is 1.21 bits per heavy atom. The molecular weight excluding hydrogens is 309 g/mol. The number of fused-ring (bicyclic) bond motifs is 1. The molecule has 0 aromatic carbocycles. The Bertz CT molecular complexity index is 882. The van der Waals surface area contributed by atoms with Gasteiger partial charge in [-0.2, -0.15) is 10.2 Å². The molecule has 1 atom stereocenters. The Balaban J connectivity index is 1.51. The van der Waals surface area contributed by atoms with Gasteiger partial charge in [-0.3, -0.25) is 9.78 Å². The third-order valence-corrected chi connectivity index (χ3v) is 4.90. The number of hydrogen-bond donors (Lipinski definition) is 2. The van der Waals surface area contributed by atoms with Crippen molar-refractivity contribution in [2.24, 2.45) is 0 Å². The molecule has 0 amide bonds. The molecule has 2 fully saturated rings. The standard InChI is InChI=1S/C16H18FN7/c17-12-1-2-23(9-12)16-14-3-10(4-19-15(14)21-22-16)11-5-20-24(8-11)13-6-18-7-13/h3-5,8,12-13,18H,1-2,6-7,9H2,(H,19,21,22)/t12-/m0/s1. The van der Waals surface area contributed by atoms with Gasteiger partial charge < -0.3 is 10.2 Å². The lowest BCUT2D eigenvalue weighted by Gasteiger charge is -2.27. The summed E-state index contributed by atoms with van der Waals surface area (Å²) in [4.78, 5) is 6.45. The molecular formula is C16H18FN7. The number of nitrogens with one attached hydrogen (secondary N) is 2. The molecule has 0 unspecified atom stereocenters. The normalized spacial score (nSPS) is 21.5. The van der Waals surface area contributed by atoms with Crippen LogP contribution in [0.25, 0.3) is 22.2 Å². The van der Waals surface area contributed by atoms with Gasteiger partial charge in [-0.1, -0.05) is 0 Å². The van der Waals surface area contributed by atoms with E-state index in [1.165, 1.54) is 0 Å². The molecule has 7 nitrogen and oxygen atoms in total. The Morgan fingerprint density at radius 2 is 2.12 bits per heavy atom. The van der Waals surface area contributed by atoms with Gasteiger partial charge in [-0.25, -0.2) is 9.37 Å². The van der Waals surface area contributed by atoms with Crippen LogP contribution in [0.4, 0.5) is 10.2 Å². The summed E-state index contributed by atoms with van der Waals surface area (Å²) >= 11 is 0. The van der Waals surface area contributed by atoms with Crippen molar-refractivity contribution in [3.8, 4) is 11.1 Å². The molecule has 124 valence electrons. The first-order valence-corrected chi connectivity index (χ1v) is 8.26. The van der Waals surface area contributed by atoms with Crippen LogP contribution in [-0.4, -0.2) is 57.3 Å². The van der Waals surface area contributed by atoms with Crippen molar-refractivity contribution >= 4 is 16.9 Å². The third kappa shape index (κ3) is 2.17. The lowest BCUT2D eigenvalue weighted by molar-refractivity contribution is 0.318. The molecule has 2 aliphatic heterocycles. The highest BCUT2D eigenvalue weighted by Crippen LogP contribution is 2.30. The van der Waals surface area contributed by atoms with Crippen molar-refractivity contribution < 1.29 is 4.39 Å². The van der Waals surface area contributed by atoms with Crippen LogP contribution in [0.3, 0.4) is 0 Å². The van der Waals surface area contributed by atoms with Crippen LogP contribution in [0.2, 0.25) is 0 Å². The maximum absolute atomic E-state index is 13.5. The number of aromatic nitrogens is 5. The second kappa shape index (κ2) is 5.27. The van der Waals surface area contributed by atoms with Crippen molar-refractivity contribution in [1.82, 2.24) is 30.3 Å². The number of halogens is 1. The van der Waals surface area contributed by atoms with Gasteiger partial charge in [0.1, 0.15) is 6.17 Å². The van der Waals surface area contributed by atoms with Crippen molar-refractivity contribution in [1.29, 1.82) is 0 Å². The summed E-state index contributed by atoms with van der Waals surface area (Å²) in [7, 11) is 0. The fourth-order valence-electron chi connectivity index (χ4n) is 3.35. The maximum atomic E-state index is 13.5. The van der Waals surface area contributed by atoms with Crippen LogP contribution in [-0.2, 0) is 0 Å². The Kier molecular flexibility index (Phi) is 3.05. The minimum absolute atomic E-state index is 0.400. The Morgan fingerprint density at radius 3 is 2.88 bits per heavy atom. The van der Waals surface area contributed by atoms with E-state index < -0.39 is 6.17 Å². The average Bonchev–Trinajstić information content (AvgIpc) is 3.23. The van der Waals surface area contributed by atoms with E-state index in [-0.39, 0.29) is 0 Å². The monoisotopic (exact) mass is 327 g/mol. The predicted molar refractivity (Wildman–Crippen MR) is 88.7 cm³/mol. The molecule has 0 aliphatic carbocycles. The molecule has 0 spiro atoms. The fourth-order valence-corrected chi connectivity index (χ4v) is 3.35. The largest absolute Gasteiger partial charge is 0.352 e. The Labute approximate surface area is 137 Å². The lowest BCUT2D eigenvalue weighted by atomic mass is 10.1. The second-order valence-electron chi connectivity index (χ2n) is 6.52. The zero-order chi connectivity index (χ0) is 16.1. The highest BCUT2D eigenvalue weighted by atomic mass is 19.1. The lowest BCUT2D eigenvalue weighted by Crippen LogP contribution is -2.43. The molecule has 3 aromatic rings. The van der Waals surface area contributed by atoms with E-state index in [9.17, 15) is 4.39 Å². The predicted octanol–water partition coefficient (Wildman–Crippen LogP) is 1.51. The average molecular weight is 327 g/mol. The van der Waals surface area contributed by atoms with Crippen LogP contribution >= 0.6 is 0 Å². The molecule has 0 saturated carbocycles. The number of aromatic amines is 1. The van der Waals surface area contributed by atoms with Gasteiger partial charge in [0, 0.05) is 43.2 Å². The van der Waals surface area contributed by atoms with Gasteiger partial charge in [-0.05, 0) is 12.5 Å². The number of pyridine rings is 1. The fraction of sp³-hybridized carbons (Fsp3) is 0.438. The van der Waals surface area contributed by atoms with E-state index in [0.717, 1.165) is 41.1 Å². The van der Waals surface area contributed by atoms with E-state index >= 15 is 0 Å². The van der Waals surface area contributed by atoms with Crippen molar-refractivity contribution in [2.75, 3.05) is 31.1 Å². The number of anilines is 1. The van der Waals surface area contributed by atoms with Crippen LogP contribution in [0.15, 0.2) is 24.7 Å². The molecule has 24 heavy (non-hydrogen) atoms. The summed E-state index contributed by atoms with van der Waals surface area (Å²) in [5.41, 5.74) is 2.76. The molecule has 5 rings (SSSR count). The summed E-state index contributed by atoms with van der Waals surface area (Å²) in [6.45, 7) is 3.02. The highest BCUT2D eigenvalue weighted by Gasteiger charge is 2.25. The molecule has 0 radical (unpaired) electrons. The zero-order valence-electron chi connectivity index (χ0n) is 13.1. The molecule has 2 N–H and O–H groups in total. The highest BCUT2D eigenvalue weighted by molar-refractivity contribution is 5.90. The van der Waals surface area contributed by atoms with Crippen molar-refractivity contribution in [3.63, 3.8) is 0 Å². The molecule has 5 heterocycles. The number of rotatable bonds is 3. The van der Waals surface area contributed by atoms with Crippen LogP contribution < -0.4 is 10.2 Å². The van der Waals surface area contributed by atoms with Gasteiger partial charge >= 0.3 is 0 Å². The van der Waals surface area contributed by atoms with Crippen LogP contribution in [0.1, 0.15) is 12.5 Å². The minimum Gasteiger partial charge on any atom is -0.352 e.